The summed E-state index contributed by atoms with van der Waals surface area (Å²) in [5.74, 6) is 0.743. The van der Waals surface area contributed by atoms with E-state index in [9.17, 15) is 13.2 Å². The van der Waals surface area contributed by atoms with E-state index < -0.39 is 15.9 Å². The quantitative estimate of drug-likeness (QED) is 0.587. The van der Waals surface area contributed by atoms with Gasteiger partial charge in [0.2, 0.25) is 0 Å². The van der Waals surface area contributed by atoms with Crippen molar-refractivity contribution in [3.05, 3.63) is 48.0 Å². The smallest absolute Gasteiger partial charge is 0.323 e. The molecule has 10 nitrogen and oxygen atoms in total. The normalized spacial score (nSPS) is 11.2. The van der Waals surface area contributed by atoms with Gasteiger partial charge in [-0.1, -0.05) is 5.16 Å². The second-order valence-corrected chi connectivity index (χ2v) is 8.27. The summed E-state index contributed by atoms with van der Waals surface area (Å²) in [5.41, 5.74) is 7.72. The van der Waals surface area contributed by atoms with Gasteiger partial charge in [-0.3, -0.25) is 0 Å². The standard InChI is InChI=1S/C17H18N6O4S/c1-10-14(8-19-27-10)22-17(24)21-12-5-3-11(4-6-12)16-20-13(7-15(18)23-16)9-28(2,25)26/h3-8H,9H2,1-2H3,(H2,18,20,23)(H2,21,22,24). The molecular weight excluding hydrogens is 384 g/mol. The minimum atomic E-state index is -3.25. The van der Waals surface area contributed by atoms with Crippen LogP contribution in [0.4, 0.5) is 22.0 Å². The van der Waals surface area contributed by atoms with Gasteiger partial charge < -0.3 is 20.9 Å². The Bertz CT molecular complexity index is 1110. The van der Waals surface area contributed by atoms with Crippen molar-refractivity contribution >= 4 is 33.1 Å². The Labute approximate surface area is 161 Å². The fourth-order valence-corrected chi connectivity index (χ4v) is 3.08. The molecule has 146 valence electrons. The predicted octanol–water partition coefficient (Wildman–Crippen LogP) is 2.21. The molecule has 0 saturated heterocycles. The molecule has 4 N–H and O–H groups in total. The number of hydrogen-bond donors (Lipinski definition) is 3. The molecule has 0 fully saturated rings. The third-order valence-electron chi connectivity index (χ3n) is 3.61. The molecule has 0 aliphatic heterocycles. The Morgan fingerprint density at radius 1 is 1.18 bits per heavy atom. The molecule has 3 aromatic rings. The van der Waals surface area contributed by atoms with Gasteiger partial charge in [-0.15, -0.1) is 0 Å². The summed E-state index contributed by atoms with van der Waals surface area (Å²) in [6.07, 6.45) is 2.53. The van der Waals surface area contributed by atoms with Crippen molar-refractivity contribution < 1.29 is 17.7 Å². The first-order valence-electron chi connectivity index (χ1n) is 8.10. The number of nitrogens with one attached hydrogen (secondary N) is 2. The third-order valence-corrected chi connectivity index (χ3v) is 4.43. The molecule has 0 saturated carbocycles. The Balaban J connectivity index is 1.74. The van der Waals surface area contributed by atoms with Crippen LogP contribution in [0.25, 0.3) is 11.4 Å². The lowest BCUT2D eigenvalue weighted by Gasteiger charge is -2.08. The van der Waals surface area contributed by atoms with Crippen LogP contribution in [0.2, 0.25) is 0 Å². The van der Waals surface area contributed by atoms with E-state index in [2.05, 4.69) is 25.8 Å². The fraction of sp³-hybridized carbons (Fsp3) is 0.176. The second-order valence-electron chi connectivity index (χ2n) is 6.13. The molecule has 28 heavy (non-hydrogen) atoms. The highest BCUT2D eigenvalue weighted by Gasteiger charge is 2.11. The van der Waals surface area contributed by atoms with E-state index in [-0.39, 0.29) is 11.6 Å². The van der Waals surface area contributed by atoms with Crippen molar-refractivity contribution in [2.45, 2.75) is 12.7 Å². The van der Waals surface area contributed by atoms with E-state index in [4.69, 9.17) is 10.3 Å². The summed E-state index contributed by atoms with van der Waals surface area (Å²) in [4.78, 5) is 20.4. The van der Waals surface area contributed by atoms with Crippen LogP contribution in [0.3, 0.4) is 0 Å². The van der Waals surface area contributed by atoms with Gasteiger partial charge in [0.25, 0.3) is 0 Å². The first-order valence-corrected chi connectivity index (χ1v) is 10.2. The van der Waals surface area contributed by atoms with Crippen molar-refractivity contribution in [1.29, 1.82) is 0 Å². The van der Waals surface area contributed by atoms with Crippen LogP contribution in [0.1, 0.15) is 11.5 Å². The maximum atomic E-state index is 12.0. The average Bonchev–Trinajstić information content (AvgIpc) is 2.98. The predicted molar refractivity (Wildman–Crippen MR) is 104 cm³/mol. The minimum absolute atomic E-state index is 0.175. The van der Waals surface area contributed by atoms with Crippen LogP contribution in [0.5, 0.6) is 0 Å². The van der Waals surface area contributed by atoms with Crippen LogP contribution in [-0.4, -0.2) is 35.8 Å². The second kappa shape index (κ2) is 7.64. The number of aromatic nitrogens is 3. The van der Waals surface area contributed by atoms with Crippen LogP contribution in [0.15, 0.2) is 41.1 Å². The van der Waals surface area contributed by atoms with Gasteiger partial charge >= 0.3 is 6.03 Å². The summed E-state index contributed by atoms with van der Waals surface area (Å²) in [7, 11) is -3.25. The Morgan fingerprint density at radius 3 is 2.50 bits per heavy atom. The summed E-state index contributed by atoms with van der Waals surface area (Å²) >= 11 is 0. The van der Waals surface area contributed by atoms with Gasteiger partial charge in [-0.2, -0.15) is 0 Å². The zero-order valence-corrected chi connectivity index (χ0v) is 15.9. The van der Waals surface area contributed by atoms with Gasteiger partial charge in [-0.05, 0) is 31.2 Å². The fourth-order valence-electron chi connectivity index (χ4n) is 2.40. The largest absolute Gasteiger partial charge is 0.384 e. The van der Waals surface area contributed by atoms with Crippen molar-refractivity contribution in [2.24, 2.45) is 0 Å². The summed E-state index contributed by atoms with van der Waals surface area (Å²) in [6.45, 7) is 1.68. The van der Waals surface area contributed by atoms with E-state index >= 15 is 0 Å². The van der Waals surface area contributed by atoms with E-state index in [0.29, 0.717) is 34.2 Å². The number of anilines is 3. The lowest BCUT2D eigenvalue weighted by atomic mass is 10.2. The number of nitrogen functional groups attached to an aromatic ring is 1. The summed E-state index contributed by atoms with van der Waals surface area (Å²) < 4.78 is 27.8. The number of rotatable bonds is 5. The highest BCUT2D eigenvalue weighted by atomic mass is 32.2. The first kappa shape index (κ1) is 19.3. The Kier molecular flexibility index (Phi) is 5.27. The summed E-state index contributed by atoms with van der Waals surface area (Å²) in [6, 6.07) is 7.70. The van der Waals surface area contributed by atoms with Crippen molar-refractivity contribution in [3.63, 3.8) is 0 Å². The molecule has 2 amide bonds. The first-order chi connectivity index (χ1) is 13.2. The van der Waals surface area contributed by atoms with Crippen LogP contribution < -0.4 is 16.4 Å². The highest BCUT2D eigenvalue weighted by Crippen LogP contribution is 2.21. The number of aryl methyl sites for hydroxylation is 1. The lowest BCUT2D eigenvalue weighted by molar-refractivity contribution is 0.262. The van der Waals surface area contributed by atoms with E-state index in [0.717, 1.165) is 6.26 Å². The number of carbonyl (C=O) groups excluding carboxylic acids is 1. The van der Waals surface area contributed by atoms with Gasteiger partial charge in [-0.25, -0.2) is 23.2 Å². The Morgan fingerprint density at radius 2 is 1.89 bits per heavy atom. The van der Waals surface area contributed by atoms with Crippen molar-refractivity contribution in [3.8, 4) is 11.4 Å². The molecular formula is C17H18N6O4S. The SMILES string of the molecule is Cc1oncc1NC(=O)Nc1ccc(-c2nc(N)cc(CS(C)(=O)=O)n2)cc1. The van der Waals surface area contributed by atoms with Crippen LogP contribution in [0, 0.1) is 6.92 Å². The molecule has 2 aromatic heterocycles. The van der Waals surface area contributed by atoms with Gasteiger partial charge in [0.1, 0.15) is 11.5 Å². The number of amides is 2. The van der Waals surface area contributed by atoms with E-state index in [1.807, 2.05) is 0 Å². The number of carbonyl (C=O) groups is 1. The van der Waals surface area contributed by atoms with Crippen LogP contribution >= 0.6 is 0 Å². The van der Waals surface area contributed by atoms with Crippen LogP contribution in [-0.2, 0) is 15.6 Å². The third kappa shape index (κ3) is 5.04. The monoisotopic (exact) mass is 402 g/mol. The van der Waals surface area contributed by atoms with Gasteiger partial charge in [0.15, 0.2) is 21.4 Å². The zero-order valence-electron chi connectivity index (χ0n) is 15.1. The van der Waals surface area contributed by atoms with Crippen molar-refractivity contribution in [2.75, 3.05) is 22.6 Å². The molecule has 1 aromatic carbocycles. The molecule has 0 radical (unpaired) electrons. The van der Waals surface area contributed by atoms with Gasteiger partial charge in [0.05, 0.1) is 17.6 Å². The number of nitrogens with zero attached hydrogens (tertiary/aromatic N) is 3. The number of hydrogen-bond acceptors (Lipinski definition) is 8. The zero-order chi connectivity index (χ0) is 20.3. The number of urea groups is 1. The number of sulfone groups is 1. The minimum Gasteiger partial charge on any atom is -0.384 e. The highest BCUT2D eigenvalue weighted by molar-refractivity contribution is 7.89. The average molecular weight is 402 g/mol. The lowest BCUT2D eigenvalue weighted by Crippen LogP contribution is -2.19. The molecule has 2 heterocycles. The molecule has 0 aliphatic rings. The summed E-state index contributed by atoms with van der Waals surface area (Å²) in [5, 5.41) is 8.88. The maximum absolute atomic E-state index is 12.0. The molecule has 0 atom stereocenters. The number of nitrogens with two attached hydrogens (primary N) is 1. The molecule has 0 unspecified atom stereocenters. The molecule has 0 spiro atoms. The Hall–Kier alpha value is -3.47. The maximum Gasteiger partial charge on any atom is 0.323 e. The number of benzene rings is 1. The molecule has 0 aliphatic carbocycles. The van der Waals surface area contributed by atoms with Gasteiger partial charge in [0, 0.05) is 23.6 Å². The topological polar surface area (TPSA) is 153 Å². The molecule has 3 rings (SSSR count). The molecule has 0 bridgehead atoms. The van der Waals surface area contributed by atoms with Crippen molar-refractivity contribution in [1.82, 2.24) is 15.1 Å². The van der Waals surface area contributed by atoms with E-state index in [1.165, 1.54) is 12.3 Å². The molecule has 11 heteroatoms. The van der Waals surface area contributed by atoms with E-state index in [1.54, 1.807) is 31.2 Å².